The number of amides is 1. The molecule has 1 heterocycles. The molecule has 0 aliphatic rings. The molecule has 2 N–H and O–H groups in total. The number of rotatable bonds is 6. The lowest BCUT2D eigenvalue weighted by Crippen LogP contribution is -2.33. The van der Waals surface area contributed by atoms with Crippen molar-refractivity contribution in [3.8, 4) is 11.4 Å². The van der Waals surface area contributed by atoms with Crippen molar-refractivity contribution in [2.45, 2.75) is 19.1 Å². The van der Waals surface area contributed by atoms with Crippen LogP contribution in [-0.2, 0) is 23.9 Å². The van der Waals surface area contributed by atoms with Gasteiger partial charge < -0.3 is 5.32 Å². The summed E-state index contributed by atoms with van der Waals surface area (Å²) >= 11 is 5.82. The SMILES string of the molecule is O=C(Cn1nc(-c2ccc(Cl)cc2)[nH]c1=O)NCCc1ccccc1C(F)(F)F. The van der Waals surface area contributed by atoms with Crippen LogP contribution >= 0.6 is 11.6 Å². The number of aromatic nitrogens is 3. The first kappa shape index (κ1) is 20.7. The van der Waals surface area contributed by atoms with Crippen molar-refractivity contribution in [3.63, 3.8) is 0 Å². The summed E-state index contributed by atoms with van der Waals surface area (Å²) in [6.45, 7) is -0.362. The summed E-state index contributed by atoms with van der Waals surface area (Å²) in [5.41, 5.74) is -0.602. The Morgan fingerprint density at radius 3 is 2.52 bits per heavy atom. The normalized spacial score (nSPS) is 11.4. The molecule has 0 unspecified atom stereocenters. The molecule has 0 fully saturated rings. The van der Waals surface area contributed by atoms with E-state index in [1.807, 2.05) is 0 Å². The van der Waals surface area contributed by atoms with Crippen LogP contribution in [0, 0.1) is 0 Å². The fourth-order valence-corrected chi connectivity index (χ4v) is 2.87. The smallest absolute Gasteiger partial charge is 0.354 e. The van der Waals surface area contributed by atoms with Gasteiger partial charge in [-0.25, -0.2) is 9.48 Å². The van der Waals surface area contributed by atoms with Gasteiger partial charge in [0.25, 0.3) is 0 Å². The van der Waals surface area contributed by atoms with Gasteiger partial charge in [0.05, 0.1) is 5.56 Å². The zero-order valence-corrected chi connectivity index (χ0v) is 15.7. The van der Waals surface area contributed by atoms with Crippen LogP contribution in [0.4, 0.5) is 13.2 Å². The number of carbonyl (C=O) groups is 1. The lowest BCUT2D eigenvalue weighted by Gasteiger charge is -2.12. The Kier molecular flexibility index (Phi) is 6.07. The first-order valence-electron chi connectivity index (χ1n) is 8.59. The van der Waals surface area contributed by atoms with Crippen LogP contribution in [-0.4, -0.2) is 27.2 Å². The van der Waals surface area contributed by atoms with Crippen molar-refractivity contribution in [1.29, 1.82) is 0 Å². The second-order valence-corrected chi connectivity index (χ2v) is 6.63. The van der Waals surface area contributed by atoms with Crippen LogP contribution in [0.3, 0.4) is 0 Å². The van der Waals surface area contributed by atoms with Crippen LogP contribution in [0.1, 0.15) is 11.1 Å². The monoisotopic (exact) mass is 424 g/mol. The average Bonchev–Trinajstić information content (AvgIpc) is 3.02. The zero-order valence-electron chi connectivity index (χ0n) is 15.0. The van der Waals surface area contributed by atoms with Gasteiger partial charge in [-0.05, 0) is 42.3 Å². The Labute approximate surface area is 168 Å². The maximum Gasteiger partial charge on any atom is 0.416 e. The fourth-order valence-electron chi connectivity index (χ4n) is 2.75. The van der Waals surface area contributed by atoms with Gasteiger partial charge in [-0.2, -0.15) is 13.2 Å². The number of nitrogens with one attached hydrogen (secondary N) is 2. The van der Waals surface area contributed by atoms with E-state index in [4.69, 9.17) is 11.6 Å². The molecule has 3 rings (SSSR count). The van der Waals surface area contributed by atoms with Crippen molar-refractivity contribution in [2.24, 2.45) is 0 Å². The molecule has 3 aromatic rings. The standard InChI is InChI=1S/C19H16ClF3N4O2/c20-14-7-5-13(6-8-14)17-25-18(29)27(26-17)11-16(28)24-10-9-12-3-1-2-4-15(12)19(21,22)23/h1-8H,9-11H2,(H,24,28)(H,25,26,29). The van der Waals surface area contributed by atoms with E-state index in [9.17, 15) is 22.8 Å². The average molecular weight is 425 g/mol. The highest BCUT2D eigenvalue weighted by molar-refractivity contribution is 6.30. The minimum absolute atomic E-state index is 0.00482. The first-order chi connectivity index (χ1) is 13.7. The van der Waals surface area contributed by atoms with E-state index >= 15 is 0 Å². The highest BCUT2D eigenvalue weighted by atomic mass is 35.5. The van der Waals surface area contributed by atoms with Crippen LogP contribution in [0.25, 0.3) is 11.4 Å². The topological polar surface area (TPSA) is 79.8 Å². The van der Waals surface area contributed by atoms with Gasteiger partial charge in [-0.15, -0.1) is 5.10 Å². The second-order valence-electron chi connectivity index (χ2n) is 6.20. The van der Waals surface area contributed by atoms with Gasteiger partial charge in [0.2, 0.25) is 5.91 Å². The van der Waals surface area contributed by atoms with Crippen LogP contribution in [0.5, 0.6) is 0 Å². The van der Waals surface area contributed by atoms with Gasteiger partial charge in [0.15, 0.2) is 5.82 Å². The van der Waals surface area contributed by atoms with Gasteiger partial charge in [-0.3, -0.25) is 9.78 Å². The maximum atomic E-state index is 13.0. The van der Waals surface area contributed by atoms with Gasteiger partial charge >= 0.3 is 11.9 Å². The molecule has 0 aliphatic carbocycles. The molecular formula is C19H16ClF3N4O2. The Morgan fingerprint density at radius 1 is 1.14 bits per heavy atom. The lowest BCUT2D eigenvalue weighted by molar-refractivity contribution is -0.138. The third-order valence-electron chi connectivity index (χ3n) is 4.13. The van der Waals surface area contributed by atoms with Crippen LogP contribution in [0.15, 0.2) is 53.3 Å². The van der Waals surface area contributed by atoms with Crippen molar-refractivity contribution in [2.75, 3.05) is 6.54 Å². The van der Waals surface area contributed by atoms with Gasteiger partial charge in [-0.1, -0.05) is 29.8 Å². The summed E-state index contributed by atoms with van der Waals surface area (Å²) in [7, 11) is 0. The molecule has 0 saturated carbocycles. The van der Waals surface area contributed by atoms with E-state index < -0.39 is 23.3 Å². The Bertz CT molecular complexity index is 1060. The molecule has 0 atom stereocenters. The van der Waals surface area contributed by atoms with Crippen molar-refractivity contribution >= 4 is 17.5 Å². The maximum absolute atomic E-state index is 13.0. The molecule has 6 nitrogen and oxygen atoms in total. The molecule has 29 heavy (non-hydrogen) atoms. The molecule has 0 radical (unpaired) electrons. The lowest BCUT2D eigenvalue weighted by atomic mass is 10.0. The van der Waals surface area contributed by atoms with Crippen LogP contribution < -0.4 is 11.0 Å². The molecular weight excluding hydrogens is 409 g/mol. The number of nitrogens with zero attached hydrogens (tertiary/aromatic N) is 2. The highest BCUT2D eigenvalue weighted by Gasteiger charge is 2.32. The fraction of sp³-hybridized carbons (Fsp3) is 0.211. The van der Waals surface area contributed by atoms with Crippen LogP contribution in [0.2, 0.25) is 5.02 Å². The summed E-state index contributed by atoms with van der Waals surface area (Å²) in [5, 5.41) is 7.09. The molecule has 1 amide bonds. The predicted octanol–water partition coefficient (Wildman–Crippen LogP) is 3.27. The second kappa shape index (κ2) is 8.52. The summed E-state index contributed by atoms with van der Waals surface area (Å²) < 4.78 is 39.9. The number of carbonyl (C=O) groups excluding carboxylic acids is 1. The number of hydrogen-bond acceptors (Lipinski definition) is 3. The van der Waals surface area contributed by atoms with E-state index in [1.165, 1.54) is 18.2 Å². The summed E-state index contributed by atoms with van der Waals surface area (Å²) in [4.78, 5) is 26.6. The van der Waals surface area contributed by atoms with E-state index in [1.54, 1.807) is 24.3 Å². The minimum atomic E-state index is -4.46. The Balaban J connectivity index is 1.60. The zero-order chi connectivity index (χ0) is 21.0. The number of alkyl halides is 3. The van der Waals surface area contributed by atoms with Crippen molar-refractivity contribution in [1.82, 2.24) is 20.1 Å². The first-order valence-corrected chi connectivity index (χ1v) is 8.96. The third kappa shape index (κ3) is 5.26. The highest BCUT2D eigenvalue weighted by Crippen LogP contribution is 2.31. The molecule has 10 heteroatoms. The molecule has 0 spiro atoms. The van der Waals surface area contributed by atoms with Crippen molar-refractivity contribution < 1.29 is 18.0 Å². The Morgan fingerprint density at radius 2 is 1.83 bits per heavy atom. The van der Waals surface area contributed by atoms with E-state index in [2.05, 4.69) is 15.4 Å². The molecule has 152 valence electrons. The molecule has 2 aromatic carbocycles. The molecule has 0 aliphatic heterocycles. The number of hydrogen-bond donors (Lipinski definition) is 2. The van der Waals surface area contributed by atoms with E-state index in [0.717, 1.165) is 10.7 Å². The van der Waals surface area contributed by atoms with Gasteiger partial charge in [0, 0.05) is 17.1 Å². The van der Waals surface area contributed by atoms with E-state index in [-0.39, 0.29) is 30.9 Å². The molecule has 0 bridgehead atoms. The van der Waals surface area contributed by atoms with Crippen molar-refractivity contribution in [3.05, 3.63) is 75.2 Å². The largest absolute Gasteiger partial charge is 0.416 e. The number of benzene rings is 2. The molecule has 1 aromatic heterocycles. The minimum Gasteiger partial charge on any atom is -0.354 e. The number of aromatic amines is 1. The number of H-pyrrole nitrogens is 1. The van der Waals surface area contributed by atoms with Gasteiger partial charge in [0.1, 0.15) is 6.54 Å². The van der Waals surface area contributed by atoms with E-state index in [0.29, 0.717) is 10.6 Å². The summed E-state index contributed by atoms with van der Waals surface area (Å²) in [6, 6.07) is 11.8. The quantitative estimate of drug-likeness (QED) is 0.637. The predicted molar refractivity (Wildman–Crippen MR) is 101 cm³/mol. The summed E-state index contributed by atoms with van der Waals surface area (Å²) in [6.07, 6.45) is -4.45. The third-order valence-corrected chi connectivity index (χ3v) is 4.38. The molecule has 0 saturated heterocycles. The number of halogens is 4. The Hall–Kier alpha value is -3.07. The summed E-state index contributed by atoms with van der Waals surface area (Å²) in [5.74, 6) is -0.260.